The van der Waals surface area contributed by atoms with E-state index in [1.54, 1.807) is 0 Å². The van der Waals surface area contributed by atoms with Crippen molar-refractivity contribution in [1.29, 1.82) is 5.26 Å². The van der Waals surface area contributed by atoms with E-state index in [-0.39, 0.29) is 11.5 Å². The van der Waals surface area contributed by atoms with E-state index in [0.29, 0.717) is 5.92 Å². The smallest absolute Gasteiger partial charge is 0.355 e. The Morgan fingerprint density at radius 3 is 2.11 bits per heavy atom. The van der Waals surface area contributed by atoms with Gasteiger partial charge in [0.15, 0.2) is 5.69 Å². The Hall–Kier alpha value is -2.42. The number of nitriles is 1. The molecule has 1 aromatic heterocycles. The van der Waals surface area contributed by atoms with Gasteiger partial charge in [0.1, 0.15) is 0 Å². The fourth-order valence-electron chi connectivity index (χ4n) is 0.897. The van der Waals surface area contributed by atoms with Crippen molar-refractivity contribution in [3.8, 4) is 6.07 Å². The molecule has 1 aromatic rings. The Balaban J connectivity index is 0.000000399. The van der Waals surface area contributed by atoms with Crippen molar-refractivity contribution in [2.45, 2.75) is 20.8 Å². The molecule has 0 amide bonds. The van der Waals surface area contributed by atoms with Crippen LogP contribution in [-0.4, -0.2) is 27.1 Å². The van der Waals surface area contributed by atoms with Crippen molar-refractivity contribution in [2.24, 2.45) is 11.8 Å². The maximum absolute atomic E-state index is 10.4. The highest BCUT2D eigenvalue weighted by Crippen LogP contribution is 2.06. The van der Waals surface area contributed by atoms with Gasteiger partial charge in [-0.25, -0.2) is 14.6 Å². The van der Waals surface area contributed by atoms with Gasteiger partial charge < -0.3 is 10.2 Å². The van der Waals surface area contributed by atoms with Gasteiger partial charge >= 0.3 is 11.9 Å². The van der Waals surface area contributed by atoms with Crippen LogP contribution in [0.25, 0.3) is 0 Å². The van der Waals surface area contributed by atoms with E-state index in [1.807, 2.05) is 20.8 Å². The van der Waals surface area contributed by atoms with E-state index in [9.17, 15) is 9.59 Å². The van der Waals surface area contributed by atoms with E-state index >= 15 is 0 Å². The second-order valence-electron chi connectivity index (χ2n) is 4.17. The highest BCUT2D eigenvalue weighted by molar-refractivity contribution is 5.99. The van der Waals surface area contributed by atoms with E-state index in [4.69, 9.17) is 15.5 Å². The highest BCUT2D eigenvalue weighted by Gasteiger charge is 2.15. The van der Waals surface area contributed by atoms with Crippen LogP contribution in [0, 0.1) is 23.2 Å². The molecule has 0 aliphatic carbocycles. The standard InChI is InChI=1S/C7H5NO4.C6H11N/c9-6(10)4-2-1-3-8-5(4)7(11)12;1-5(2)6(3)4-7/h1-3H,(H,9,10)(H,11,12);5-6H,1-3H3. The number of carboxylic acid groups (broad SMARTS) is 2. The van der Waals surface area contributed by atoms with Crippen LogP contribution in [0.5, 0.6) is 0 Å². The minimum Gasteiger partial charge on any atom is -0.478 e. The van der Waals surface area contributed by atoms with Gasteiger partial charge in [-0.05, 0) is 25.0 Å². The lowest BCUT2D eigenvalue weighted by atomic mass is 10.0. The summed E-state index contributed by atoms with van der Waals surface area (Å²) in [6.07, 6.45) is 1.23. The number of rotatable bonds is 3. The van der Waals surface area contributed by atoms with Gasteiger partial charge in [0, 0.05) is 12.1 Å². The molecule has 0 saturated carbocycles. The zero-order valence-corrected chi connectivity index (χ0v) is 11.0. The number of pyridine rings is 1. The lowest BCUT2D eigenvalue weighted by Gasteiger charge is -2.02. The van der Waals surface area contributed by atoms with Crippen molar-refractivity contribution in [3.63, 3.8) is 0 Å². The summed E-state index contributed by atoms with van der Waals surface area (Å²) in [6.45, 7) is 6.03. The number of nitrogens with zero attached hydrogens (tertiary/aromatic N) is 2. The summed E-state index contributed by atoms with van der Waals surface area (Å²) in [5, 5.41) is 25.3. The average Bonchev–Trinajstić information content (AvgIpc) is 2.38. The molecule has 0 bridgehead atoms. The molecule has 0 fully saturated rings. The molecule has 0 aliphatic rings. The summed E-state index contributed by atoms with van der Waals surface area (Å²) in [6, 6.07) is 4.73. The third kappa shape index (κ3) is 5.64. The molecule has 2 N–H and O–H groups in total. The van der Waals surface area contributed by atoms with Crippen LogP contribution >= 0.6 is 0 Å². The Morgan fingerprint density at radius 1 is 1.26 bits per heavy atom. The quantitative estimate of drug-likeness (QED) is 0.866. The largest absolute Gasteiger partial charge is 0.478 e. The van der Waals surface area contributed by atoms with Crippen LogP contribution in [-0.2, 0) is 0 Å². The van der Waals surface area contributed by atoms with Gasteiger partial charge in [0.2, 0.25) is 0 Å². The molecule has 102 valence electrons. The van der Waals surface area contributed by atoms with Crippen LogP contribution in [0.2, 0.25) is 0 Å². The molecule has 6 nitrogen and oxygen atoms in total. The summed E-state index contributed by atoms with van der Waals surface area (Å²) >= 11 is 0. The van der Waals surface area contributed by atoms with Gasteiger partial charge in [0.05, 0.1) is 11.6 Å². The van der Waals surface area contributed by atoms with Crippen LogP contribution in [0.15, 0.2) is 18.3 Å². The normalized spacial score (nSPS) is 10.9. The van der Waals surface area contributed by atoms with E-state index in [1.165, 1.54) is 18.3 Å². The predicted octanol–water partition coefficient (Wildman–Crippen LogP) is 2.28. The maximum Gasteiger partial charge on any atom is 0.355 e. The van der Waals surface area contributed by atoms with Crippen LogP contribution in [0.4, 0.5) is 0 Å². The molecular weight excluding hydrogens is 248 g/mol. The van der Waals surface area contributed by atoms with Gasteiger partial charge in [-0.2, -0.15) is 5.26 Å². The molecule has 1 rings (SSSR count). The van der Waals surface area contributed by atoms with Gasteiger partial charge in [0.25, 0.3) is 0 Å². The number of carbonyl (C=O) groups is 2. The second-order valence-corrected chi connectivity index (χ2v) is 4.17. The summed E-state index contributed by atoms with van der Waals surface area (Å²) < 4.78 is 0. The second kappa shape index (κ2) is 7.82. The molecule has 0 radical (unpaired) electrons. The lowest BCUT2D eigenvalue weighted by molar-refractivity contribution is 0.0646. The average molecular weight is 264 g/mol. The monoisotopic (exact) mass is 264 g/mol. The number of carboxylic acids is 2. The fourth-order valence-corrected chi connectivity index (χ4v) is 0.897. The third-order valence-corrected chi connectivity index (χ3v) is 2.44. The molecule has 19 heavy (non-hydrogen) atoms. The topological polar surface area (TPSA) is 111 Å². The Kier molecular flexibility index (Phi) is 6.82. The third-order valence-electron chi connectivity index (χ3n) is 2.44. The van der Waals surface area contributed by atoms with Crippen LogP contribution in [0.3, 0.4) is 0 Å². The van der Waals surface area contributed by atoms with Gasteiger partial charge in [-0.15, -0.1) is 0 Å². The van der Waals surface area contributed by atoms with Crippen molar-refractivity contribution in [1.82, 2.24) is 4.98 Å². The first kappa shape index (κ1) is 16.6. The Bertz CT molecular complexity index is 459. The summed E-state index contributed by atoms with van der Waals surface area (Å²) in [7, 11) is 0. The van der Waals surface area contributed by atoms with Crippen molar-refractivity contribution >= 4 is 11.9 Å². The van der Waals surface area contributed by atoms with E-state index in [0.717, 1.165) is 0 Å². The van der Waals surface area contributed by atoms with Crippen molar-refractivity contribution in [2.75, 3.05) is 0 Å². The SMILES string of the molecule is CC(C)C(C)C#N.O=C(O)c1cccnc1C(=O)O. The molecule has 1 heterocycles. The number of hydrogen-bond acceptors (Lipinski definition) is 4. The first-order valence-electron chi connectivity index (χ1n) is 5.62. The number of hydrogen-bond donors (Lipinski definition) is 2. The molecule has 0 aliphatic heterocycles. The number of aromatic nitrogens is 1. The first-order chi connectivity index (χ1) is 8.81. The van der Waals surface area contributed by atoms with Gasteiger partial charge in [-0.1, -0.05) is 13.8 Å². The molecule has 1 atom stereocenters. The van der Waals surface area contributed by atoms with Crippen LogP contribution in [0.1, 0.15) is 41.6 Å². The minimum absolute atomic E-state index is 0.208. The molecule has 0 saturated heterocycles. The first-order valence-corrected chi connectivity index (χ1v) is 5.62. The highest BCUT2D eigenvalue weighted by atomic mass is 16.4. The van der Waals surface area contributed by atoms with Gasteiger partial charge in [-0.3, -0.25) is 0 Å². The zero-order valence-electron chi connectivity index (χ0n) is 11.0. The van der Waals surface area contributed by atoms with E-state index < -0.39 is 17.6 Å². The Labute approximate surface area is 111 Å². The molecule has 1 unspecified atom stereocenters. The minimum atomic E-state index is -1.34. The van der Waals surface area contributed by atoms with Crippen molar-refractivity contribution in [3.05, 3.63) is 29.6 Å². The maximum atomic E-state index is 10.4. The summed E-state index contributed by atoms with van der Waals surface area (Å²) in [4.78, 5) is 24.2. The van der Waals surface area contributed by atoms with Crippen LogP contribution < -0.4 is 0 Å². The molecule has 0 aromatic carbocycles. The van der Waals surface area contributed by atoms with Crippen molar-refractivity contribution < 1.29 is 19.8 Å². The molecular formula is C13H16N2O4. The lowest BCUT2D eigenvalue weighted by Crippen LogP contribution is -2.09. The predicted molar refractivity (Wildman–Crippen MR) is 67.8 cm³/mol. The Morgan fingerprint density at radius 2 is 1.84 bits per heavy atom. The number of aromatic carboxylic acids is 2. The fraction of sp³-hybridized carbons (Fsp3) is 0.385. The summed E-state index contributed by atoms with van der Waals surface area (Å²) in [5.41, 5.74) is -0.741. The van der Waals surface area contributed by atoms with E-state index in [2.05, 4.69) is 11.1 Å². The molecule has 0 spiro atoms. The zero-order chi connectivity index (χ0) is 15.0. The summed E-state index contributed by atoms with van der Waals surface area (Å²) in [5.74, 6) is -1.92. The molecule has 6 heteroatoms.